The average Bonchev–Trinajstić information content (AvgIpc) is 3.27. The molecule has 3 aromatic rings. The minimum atomic E-state index is 0.649. The molecule has 1 aliphatic heterocycles. The van der Waals surface area contributed by atoms with Crippen LogP contribution in [0.1, 0.15) is 24.6 Å². The van der Waals surface area contributed by atoms with Crippen LogP contribution >= 0.6 is 0 Å². The third kappa shape index (κ3) is 2.67. The summed E-state index contributed by atoms with van der Waals surface area (Å²) in [6, 6.07) is 2.15. The molecule has 0 aromatic carbocycles. The lowest BCUT2D eigenvalue weighted by Crippen LogP contribution is -2.23. The molecular weight excluding hydrogens is 290 g/mol. The Balaban J connectivity index is 1.56. The van der Waals surface area contributed by atoms with Gasteiger partial charge < -0.3 is 4.90 Å². The van der Waals surface area contributed by atoms with Gasteiger partial charge in [0, 0.05) is 38.1 Å². The highest BCUT2D eigenvalue weighted by atomic mass is 15.4. The maximum absolute atomic E-state index is 4.53. The first-order valence-electron chi connectivity index (χ1n) is 8.15. The summed E-state index contributed by atoms with van der Waals surface area (Å²) in [7, 11) is 1.97. The molecule has 0 radical (unpaired) electrons. The zero-order valence-electron chi connectivity index (χ0n) is 13.6. The van der Waals surface area contributed by atoms with E-state index in [1.165, 1.54) is 12.0 Å². The lowest BCUT2D eigenvalue weighted by atomic mass is 10.0. The zero-order chi connectivity index (χ0) is 15.8. The molecule has 0 amide bonds. The van der Waals surface area contributed by atoms with Gasteiger partial charge in [-0.15, -0.1) is 0 Å². The Morgan fingerprint density at radius 2 is 2.22 bits per heavy atom. The van der Waals surface area contributed by atoms with Gasteiger partial charge in [-0.1, -0.05) is 6.92 Å². The SMILES string of the molecule is CCc1cc(N2CCC(Cc3cnn(C)c3)C2)n2ncnc2n1. The third-order valence-electron chi connectivity index (χ3n) is 4.54. The normalized spacial score (nSPS) is 18.2. The molecule has 7 heteroatoms. The van der Waals surface area contributed by atoms with E-state index in [9.17, 15) is 0 Å². The first-order chi connectivity index (χ1) is 11.2. The van der Waals surface area contributed by atoms with Gasteiger partial charge in [0.05, 0.1) is 6.20 Å². The summed E-state index contributed by atoms with van der Waals surface area (Å²) >= 11 is 0. The molecule has 1 atom stereocenters. The van der Waals surface area contributed by atoms with Crippen LogP contribution in [0.15, 0.2) is 24.8 Å². The van der Waals surface area contributed by atoms with E-state index in [2.05, 4.69) is 44.3 Å². The maximum atomic E-state index is 4.53. The number of rotatable bonds is 4. The predicted molar refractivity (Wildman–Crippen MR) is 87.4 cm³/mol. The summed E-state index contributed by atoms with van der Waals surface area (Å²) in [4.78, 5) is 11.2. The van der Waals surface area contributed by atoms with Crippen LogP contribution in [0.2, 0.25) is 0 Å². The minimum Gasteiger partial charge on any atom is -0.356 e. The van der Waals surface area contributed by atoms with E-state index >= 15 is 0 Å². The second-order valence-corrected chi connectivity index (χ2v) is 6.26. The summed E-state index contributed by atoms with van der Waals surface area (Å²) in [5.41, 5.74) is 2.38. The van der Waals surface area contributed by atoms with Crippen LogP contribution in [-0.2, 0) is 19.9 Å². The lowest BCUT2D eigenvalue weighted by Gasteiger charge is -2.19. The molecule has 7 nitrogen and oxygen atoms in total. The van der Waals surface area contributed by atoms with Crippen LogP contribution in [0.5, 0.6) is 0 Å². The summed E-state index contributed by atoms with van der Waals surface area (Å²) < 4.78 is 3.73. The van der Waals surface area contributed by atoms with E-state index in [0.717, 1.165) is 37.4 Å². The van der Waals surface area contributed by atoms with Crippen molar-refractivity contribution in [3.8, 4) is 0 Å². The Kier molecular flexibility index (Phi) is 3.48. The number of aryl methyl sites for hydroxylation is 2. The van der Waals surface area contributed by atoms with Gasteiger partial charge in [0.1, 0.15) is 12.1 Å². The fourth-order valence-electron chi connectivity index (χ4n) is 3.37. The zero-order valence-corrected chi connectivity index (χ0v) is 13.6. The molecule has 0 bridgehead atoms. The summed E-state index contributed by atoms with van der Waals surface area (Å²) in [5.74, 6) is 2.45. The van der Waals surface area contributed by atoms with Crippen molar-refractivity contribution in [2.24, 2.45) is 13.0 Å². The van der Waals surface area contributed by atoms with Crippen LogP contribution in [-0.4, -0.2) is 42.5 Å². The van der Waals surface area contributed by atoms with Gasteiger partial charge >= 0.3 is 0 Å². The monoisotopic (exact) mass is 311 g/mol. The van der Waals surface area contributed by atoms with Gasteiger partial charge in [-0.25, -0.2) is 4.98 Å². The topological polar surface area (TPSA) is 64.1 Å². The first-order valence-corrected chi connectivity index (χ1v) is 8.15. The Morgan fingerprint density at radius 1 is 1.30 bits per heavy atom. The minimum absolute atomic E-state index is 0.649. The van der Waals surface area contributed by atoms with Gasteiger partial charge in [-0.2, -0.15) is 19.7 Å². The smallest absolute Gasteiger partial charge is 0.254 e. The molecule has 0 aliphatic carbocycles. The van der Waals surface area contributed by atoms with Crippen molar-refractivity contribution in [1.82, 2.24) is 29.4 Å². The Labute approximate surface area is 135 Å². The summed E-state index contributed by atoms with van der Waals surface area (Å²) in [6.07, 6.45) is 8.84. The molecule has 1 unspecified atom stereocenters. The largest absolute Gasteiger partial charge is 0.356 e. The van der Waals surface area contributed by atoms with Crippen LogP contribution in [0.3, 0.4) is 0 Å². The highest BCUT2D eigenvalue weighted by Crippen LogP contribution is 2.26. The second kappa shape index (κ2) is 5.64. The van der Waals surface area contributed by atoms with E-state index in [1.807, 2.05) is 22.4 Å². The van der Waals surface area contributed by atoms with Crippen molar-refractivity contribution in [2.75, 3.05) is 18.0 Å². The predicted octanol–water partition coefficient (Wildman–Crippen LogP) is 1.49. The highest BCUT2D eigenvalue weighted by molar-refractivity contribution is 5.48. The number of hydrogen-bond acceptors (Lipinski definition) is 5. The number of anilines is 1. The van der Waals surface area contributed by atoms with Crippen LogP contribution in [0, 0.1) is 5.92 Å². The Bertz CT molecular complexity index is 819. The number of aromatic nitrogens is 6. The van der Waals surface area contributed by atoms with Crippen molar-refractivity contribution in [1.29, 1.82) is 0 Å². The van der Waals surface area contributed by atoms with Crippen LogP contribution in [0.4, 0.5) is 5.82 Å². The van der Waals surface area contributed by atoms with Crippen LogP contribution < -0.4 is 4.90 Å². The maximum Gasteiger partial charge on any atom is 0.254 e. The average molecular weight is 311 g/mol. The van der Waals surface area contributed by atoms with Crippen LogP contribution in [0.25, 0.3) is 5.78 Å². The molecule has 4 heterocycles. The molecular formula is C16H21N7. The van der Waals surface area contributed by atoms with Gasteiger partial charge in [-0.3, -0.25) is 4.68 Å². The molecule has 1 aliphatic rings. The summed E-state index contributed by atoms with van der Waals surface area (Å²) in [5, 5.41) is 8.60. The fourth-order valence-corrected chi connectivity index (χ4v) is 3.37. The molecule has 0 spiro atoms. The molecule has 23 heavy (non-hydrogen) atoms. The van der Waals surface area contributed by atoms with E-state index in [4.69, 9.17) is 0 Å². The van der Waals surface area contributed by atoms with E-state index in [-0.39, 0.29) is 0 Å². The van der Waals surface area contributed by atoms with E-state index < -0.39 is 0 Å². The molecule has 0 saturated carbocycles. The van der Waals surface area contributed by atoms with Gasteiger partial charge in [0.2, 0.25) is 0 Å². The standard InChI is InChI=1S/C16H21N7/c1-3-14-7-15(23-16(20-14)17-11-19-23)22-5-4-12(10-22)6-13-8-18-21(2)9-13/h7-9,11-12H,3-6,10H2,1-2H3. The lowest BCUT2D eigenvalue weighted by molar-refractivity contribution is 0.585. The molecule has 3 aromatic heterocycles. The molecule has 1 fully saturated rings. The Morgan fingerprint density at radius 3 is 3.00 bits per heavy atom. The molecule has 1 saturated heterocycles. The van der Waals surface area contributed by atoms with Crippen molar-refractivity contribution >= 4 is 11.6 Å². The number of fused-ring (bicyclic) bond motifs is 1. The van der Waals surface area contributed by atoms with Gasteiger partial charge in [-0.05, 0) is 30.7 Å². The van der Waals surface area contributed by atoms with Gasteiger partial charge in [0.15, 0.2) is 0 Å². The van der Waals surface area contributed by atoms with Crippen molar-refractivity contribution in [3.05, 3.63) is 36.0 Å². The van der Waals surface area contributed by atoms with Gasteiger partial charge in [0.25, 0.3) is 5.78 Å². The van der Waals surface area contributed by atoms with Crippen molar-refractivity contribution in [3.63, 3.8) is 0 Å². The summed E-state index contributed by atoms with van der Waals surface area (Å²) in [6.45, 7) is 4.21. The first kappa shape index (κ1) is 14.2. The number of hydrogen-bond donors (Lipinski definition) is 0. The Hall–Kier alpha value is -2.44. The molecule has 120 valence electrons. The quantitative estimate of drug-likeness (QED) is 0.730. The van der Waals surface area contributed by atoms with E-state index in [0.29, 0.717) is 11.7 Å². The second-order valence-electron chi connectivity index (χ2n) is 6.26. The van der Waals surface area contributed by atoms with Crippen molar-refractivity contribution < 1.29 is 0 Å². The fraction of sp³-hybridized carbons (Fsp3) is 0.500. The molecule has 4 rings (SSSR count). The third-order valence-corrected chi connectivity index (χ3v) is 4.54. The van der Waals surface area contributed by atoms with Crippen molar-refractivity contribution in [2.45, 2.75) is 26.2 Å². The highest BCUT2D eigenvalue weighted by Gasteiger charge is 2.25. The number of nitrogens with zero attached hydrogens (tertiary/aromatic N) is 7. The van der Waals surface area contributed by atoms with E-state index in [1.54, 1.807) is 6.33 Å². The molecule has 0 N–H and O–H groups in total.